The summed E-state index contributed by atoms with van der Waals surface area (Å²) in [7, 11) is 0. The fraction of sp³-hybridized carbons (Fsp3) is 0.333. The molecule has 1 amide bonds. The molecule has 0 saturated heterocycles. The van der Waals surface area contributed by atoms with Crippen molar-refractivity contribution in [3.63, 3.8) is 0 Å². The van der Waals surface area contributed by atoms with Gasteiger partial charge >= 0.3 is 12.4 Å². The van der Waals surface area contributed by atoms with Gasteiger partial charge in [-0.15, -0.1) is 0 Å². The van der Waals surface area contributed by atoms with E-state index < -0.39 is 60.0 Å². The summed E-state index contributed by atoms with van der Waals surface area (Å²) in [4.78, 5) is 19.9. The van der Waals surface area contributed by atoms with Gasteiger partial charge in [0.1, 0.15) is 35.8 Å². The van der Waals surface area contributed by atoms with Crippen molar-refractivity contribution in [3.8, 4) is 6.07 Å². The van der Waals surface area contributed by atoms with Crippen molar-refractivity contribution in [1.29, 1.82) is 5.26 Å². The molecule has 1 aliphatic rings. The molecular weight excluding hydrogens is 503 g/mol. The van der Waals surface area contributed by atoms with Crippen molar-refractivity contribution in [2.45, 2.75) is 37.0 Å². The van der Waals surface area contributed by atoms with E-state index in [0.29, 0.717) is 0 Å². The molecule has 3 rings (SSSR count). The monoisotopic (exact) mass is 519 g/mol. The number of benzene rings is 1. The molecular formula is C21H16F7N5O3. The minimum absolute atomic E-state index is 0.150. The van der Waals surface area contributed by atoms with E-state index in [1.165, 1.54) is 12.1 Å². The summed E-state index contributed by atoms with van der Waals surface area (Å²) in [5.41, 5.74) is 2.14. The number of hydrogen-bond acceptors (Lipinski definition) is 7. The van der Waals surface area contributed by atoms with Gasteiger partial charge in [0.2, 0.25) is 6.10 Å². The van der Waals surface area contributed by atoms with Crippen LogP contribution in [0.4, 0.5) is 36.4 Å². The van der Waals surface area contributed by atoms with Crippen molar-refractivity contribution in [1.82, 2.24) is 4.98 Å². The number of amides is 1. The number of nitrogens with zero attached hydrogens (tertiary/aromatic N) is 3. The zero-order chi connectivity index (χ0) is 26.9. The van der Waals surface area contributed by atoms with Crippen LogP contribution < -0.4 is 11.1 Å². The van der Waals surface area contributed by atoms with E-state index in [0.717, 1.165) is 31.3 Å². The minimum atomic E-state index is -5.26. The molecule has 2 aromatic rings. The number of anilines is 1. The van der Waals surface area contributed by atoms with Gasteiger partial charge in [-0.05, 0) is 37.3 Å². The second-order valence-electron chi connectivity index (χ2n) is 7.72. The van der Waals surface area contributed by atoms with Crippen molar-refractivity contribution >= 4 is 17.6 Å². The number of alkyl halides is 6. The number of aliphatic imine (C=N–C) groups is 1. The van der Waals surface area contributed by atoms with Crippen molar-refractivity contribution in [2.24, 2.45) is 10.7 Å². The summed E-state index contributed by atoms with van der Waals surface area (Å²) < 4.78 is 103. The number of carbonyl (C=O) groups excluding carboxylic acids is 1. The summed E-state index contributed by atoms with van der Waals surface area (Å²) in [6.45, 7) is -1.21. The van der Waals surface area contributed by atoms with Gasteiger partial charge in [-0.25, -0.2) is 14.4 Å². The van der Waals surface area contributed by atoms with Crippen LogP contribution in [0.25, 0.3) is 0 Å². The molecule has 36 heavy (non-hydrogen) atoms. The molecule has 1 aromatic heterocycles. The average molecular weight is 519 g/mol. The number of nitriles is 1. The molecule has 0 fully saturated rings. The summed E-state index contributed by atoms with van der Waals surface area (Å²) >= 11 is 0. The van der Waals surface area contributed by atoms with Crippen LogP contribution in [-0.4, -0.2) is 48.1 Å². The zero-order valence-corrected chi connectivity index (χ0v) is 18.1. The van der Waals surface area contributed by atoms with Crippen LogP contribution in [0, 0.1) is 17.1 Å². The average Bonchev–Trinajstić information content (AvgIpc) is 2.78. The lowest BCUT2D eigenvalue weighted by Gasteiger charge is -2.43. The smallest absolute Gasteiger partial charge is 0.428 e. The van der Waals surface area contributed by atoms with E-state index in [1.54, 1.807) is 0 Å². The SMILES string of the molecule is C[C@]1(c2cc(NC(=O)c3ccc(C#N)cn3)ccc2F)N=C(N)O[C@H](C(F)(F)F)[C@@H]1OCC(F)(F)F. The third kappa shape index (κ3) is 5.82. The lowest BCUT2D eigenvalue weighted by atomic mass is 9.82. The fourth-order valence-electron chi connectivity index (χ4n) is 3.47. The van der Waals surface area contributed by atoms with Gasteiger partial charge in [0.15, 0.2) is 0 Å². The predicted molar refractivity (Wildman–Crippen MR) is 109 cm³/mol. The molecule has 2 heterocycles. The number of rotatable bonds is 5. The first-order chi connectivity index (χ1) is 16.6. The van der Waals surface area contributed by atoms with E-state index >= 15 is 0 Å². The van der Waals surface area contributed by atoms with Gasteiger partial charge in [-0.1, -0.05) is 0 Å². The summed E-state index contributed by atoms with van der Waals surface area (Å²) in [6.07, 6.45) is -14.7. The molecule has 0 aliphatic carbocycles. The highest BCUT2D eigenvalue weighted by atomic mass is 19.4. The molecule has 0 bridgehead atoms. The number of carbonyl (C=O) groups is 1. The topological polar surface area (TPSA) is 123 Å². The number of ether oxygens (including phenoxy) is 2. The Kier molecular flexibility index (Phi) is 7.12. The van der Waals surface area contributed by atoms with E-state index in [2.05, 4.69) is 24.8 Å². The first kappa shape index (κ1) is 26.7. The molecule has 1 aliphatic heterocycles. The highest BCUT2D eigenvalue weighted by Crippen LogP contribution is 2.43. The number of hydrogen-bond donors (Lipinski definition) is 2. The lowest BCUT2D eigenvalue weighted by molar-refractivity contribution is -0.266. The molecule has 8 nitrogen and oxygen atoms in total. The summed E-state index contributed by atoms with van der Waals surface area (Å²) in [6, 6.07) is 5.99. The van der Waals surface area contributed by atoms with E-state index in [1.807, 2.05) is 6.07 Å². The molecule has 0 unspecified atom stereocenters. The molecule has 0 saturated carbocycles. The highest BCUT2D eigenvalue weighted by molar-refractivity contribution is 6.02. The van der Waals surface area contributed by atoms with Gasteiger partial charge in [-0.2, -0.15) is 31.6 Å². The van der Waals surface area contributed by atoms with Crippen LogP contribution in [0.3, 0.4) is 0 Å². The number of halogens is 7. The van der Waals surface area contributed by atoms with Crippen molar-refractivity contribution in [2.75, 3.05) is 11.9 Å². The van der Waals surface area contributed by atoms with E-state index in [9.17, 15) is 35.5 Å². The lowest BCUT2D eigenvalue weighted by Crippen LogP contribution is -2.58. The third-order valence-electron chi connectivity index (χ3n) is 5.06. The number of nitrogens with one attached hydrogen (secondary N) is 1. The fourth-order valence-corrected chi connectivity index (χ4v) is 3.47. The van der Waals surface area contributed by atoms with Crippen LogP contribution >= 0.6 is 0 Å². The molecule has 15 heteroatoms. The largest absolute Gasteiger partial charge is 0.449 e. The van der Waals surface area contributed by atoms with Crippen molar-refractivity contribution < 1.29 is 45.0 Å². The molecule has 3 atom stereocenters. The summed E-state index contributed by atoms with van der Waals surface area (Å²) in [5.74, 6) is -1.98. The van der Waals surface area contributed by atoms with Gasteiger partial charge in [0.05, 0.1) is 5.56 Å². The number of amidine groups is 1. The van der Waals surface area contributed by atoms with Crippen LogP contribution in [-0.2, 0) is 15.0 Å². The number of nitrogens with two attached hydrogens (primary N) is 1. The molecule has 0 spiro atoms. The van der Waals surface area contributed by atoms with Gasteiger partial charge < -0.3 is 20.5 Å². The Morgan fingerprint density at radius 3 is 2.50 bits per heavy atom. The second-order valence-corrected chi connectivity index (χ2v) is 7.72. The first-order valence-electron chi connectivity index (χ1n) is 9.88. The Labute approximate surface area is 198 Å². The van der Waals surface area contributed by atoms with Gasteiger partial charge in [0, 0.05) is 17.4 Å². The highest BCUT2D eigenvalue weighted by Gasteiger charge is 2.59. The third-order valence-corrected chi connectivity index (χ3v) is 5.06. The normalized spacial score (nSPS) is 22.2. The Morgan fingerprint density at radius 1 is 1.25 bits per heavy atom. The predicted octanol–water partition coefficient (Wildman–Crippen LogP) is 3.78. The maximum atomic E-state index is 14.9. The number of pyridine rings is 1. The zero-order valence-electron chi connectivity index (χ0n) is 18.1. The Morgan fingerprint density at radius 2 is 1.94 bits per heavy atom. The maximum Gasteiger partial charge on any atom is 0.428 e. The van der Waals surface area contributed by atoms with E-state index in [4.69, 9.17) is 11.0 Å². The quantitative estimate of drug-likeness (QED) is 0.580. The standard InChI is InChI=1S/C21H16F7N5O3/c1-19(15(35-9-20(23,24)25)16(21(26,27)28)36-18(30)33-19)12-6-11(3-4-13(12)22)32-17(34)14-5-2-10(7-29)8-31-14/h2-6,8,15-16H,9H2,1H3,(H2,30,33)(H,32,34)/t15-,16-,19+/m0/s1. The second kappa shape index (κ2) is 9.61. The van der Waals surface area contributed by atoms with Gasteiger partial charge in [-0.3, -0.25) is 4.79 Å². The van der Waals surface area contributed by atoms with Crippen LogP contribution in [0.1, 0.15) is 28.5 Å². The minimum Gasteiger partial charge on any atom is -0.449 e. The molecule has 1 aromatic carbocycles. The summed E-state index contributed by atoms with van der Waals surface area (Å²) in [5, 5.41) is 11.1. The van der Waals surface area contributed by atoms with E-state index in [-0.39, 0.29) is 16.9 Å². The molecule has 3 N–H and O–H groups in total. The van der Waals surface area contributed by atoms with Crippen LogP contribution in [0.2, 0.25) is 0 Å². The van der Waals surface area contributed by atoms with Crippen LogP contribution in [0.15, 0.2) is 41.5 Å². The van der Waals surface area contributed by atoms with Crippen molar-refractivity contribution in [3.05, 3.63) is 59.2 Å². The Balaban J connectivity index is 2.02. The molecule has 192 valence electrons. The maximum absolute atomic E-state index is 14.9. The molecule has 0 radical (unpaired) electrons. The Bertz CT molecular complexity index is 1210. The Hall–Kier alpha value is -3.93. The first-order valence-corrected chi connectivity index (χ1v) is 9.88. The van der Waals surface area contributed by atoms with Gasteiger partial charge in [0.25, 0.3) is 11.9 Å². The van der Waals surface area contributed by atoms with Crippen LogP contribution in [0.5, 0.6) is 0 Å². The number of aromatic nitrogens is 1.